The van der Waals surface area contributed by atoms with E-state index >= 15 is 0 Å². The Labute approximate surface area is 181 Å². The van der Waals surface area contributed by atoms with Crippen LogP contribution in [-0.2, 0) is 19.5 Å². The van der Waals surface area contributed by atoms with Crippen LogP contribution >= 0.6 is 0 Å². The first-order valence-corrected chi connectivity index (χ1v) is 8.79. The predicted octanol–water partition coefficient (Wildman–Crippen LogP) is 3.02. The molecular formula is C24H18O4Zn. The Hall–Kier alpha value is -3.04. The third kappa shape index (κ3) is 4.69. The molecule has 0 aliphatic rings. The van der Waals surface area contributed by atoms with E-state index in [1.807, 2.05) is 62.4 Å². The molecule has 0 radical (unpaired) electrons. The topological polar surface area (TPSA) is 80.3 Å². The second kappa shape index (κ2) is 9.44. The van der Waals surface area contributed by atoms with Crippen LogP contribution in [0, 0.1) is 13.8 Å². The molecule has 140 valence electrons. The zero-order valence-electron chi connectivity index (χ0n) is 16.3. The van der Waals surface area contributed by atoms with Gasteiger partial charge >= 0.3 is 19.5 Å². The van der Waals surface area contributed by atoms with Gasteiger partial charge in [-0.1, -0.05) is 72.8 Å². The summed E-state index contributed by atoms with van der Waals surface area (Å²) in [5.74, 6) is -2.24. The molecule has 0 heterocycles. The van der Waals surface area contributed by atoms with Crippen LogP contribution in [0.3, 0.4) is 0 Å². The molecule has 0 atom stereocenters. The van der Waals surface area contributed by atoms with Crippen molar-refractivity contribution in [3.63, 3.8) is 0 Å². The standard InChI is InChI=1S/2C12H10O2.Zn/c2*1-8-4-2-5-9-6-3-7-10(11(8)9)12(13)14;/h2*2-7H,1H3,(H,13,14);/q;;+2/p-2. The second-order valence-corrected chi connectivity index (χ2v) is 6.53. The average molecular weight is 436 g/mol. The molecule has 0 unspecified atom stereocenters. The van der Waals surface area contributed by atoms with Crippen molar-refractivity contribution in [3.8, 4) is 0 Å². The van der Waals surface area contributed by atoms with E-state index in [-0.39, 0.29) is 30.6 Å². The summed E-state index contributed by atoms with van der Waals surface area (Å²) < 4.78 is 0. The Morgan fingerprint density at radius 1 is 0.586 bits per heavy atom. The Morgan fingerprint density at radius 3 is 1.21 bits per heavy atom. The molecule has 0 aliphatic heterocycles. The Balaban J connectivity index is 0.000000200. The van der Waals surface area contributed by atoms with Gasteiger partial charge in [-0.3, -0.25) is 0 Å². The van der Waals surface area contributed by atoms with Crippen molar-refractivity contribution < 1.29 is 39.3 Å². The molecule has 0 aliphatic carbocycles. The molecular weight excluding hydrogens is 418 g/mol. The number of aromatic carboxylic acids is 2. The summed E-state index contributed by atoms with van der Waals surface area (Å²) in [7, 11) is 0. The maximum Gasteiger partial charge on any atom is 2.00 e. The van der Waals surface area contributed by atoms with Crippen molar-refractivity contribution in [2.45, 2.75) is 13.8 Å². The fourth-order valence-electron chi connectivity index (χ4n) is 3.40. The van der Waals surface area contributed by atoms with Crippen LogP contribution < -0.4 is 10.2 Å². The molecule has 4 nitrogen and oxygen atoms in total. The summed E-state index contributed by atoms with van der Waals surface area (Å²) in [4.78, 5) is 21.7. The number of carbonyl (C=O) groups excluding carboxylic acids is 2. The summed E-state index contributed by atoms with van der Waals surface area (Å²) in [6, 6.07) is 21.8. The molecule has 0 fully saturated rings. The molecule has 0 saturated carbocycles. The van der Waals surface area contributed by atoms with Gasteiger partial charge in [-0.2, -0.15) is 0 Å². The van der Waals surface area contributed by atoms with Crippen LogP contribution in [0.1, 0.15) is 31.8 Å². The Bertz CT molecular complexity index is 1090. The third-order valence-corrected chi connectivity index (χ3v) is 4.67. The van der Waals surface area contributed by atoms with E-state index in [1.54, 1.807) is 24.3 Å². The summed E-state index contributed by atoms with van der Waals surface area (Å²) in [6.07, 6.45) is 0. The van der Waals surface area contributed by atoms with E-state index in [2.05, 4.69) is 0 Å². The molecule has 0 amide bonds. The van der Waals surface area contributed by atoms with Crippen molar-refractivity contribution >= 4 is 33.5 Å². The molecule has 4 aromatic carbocycles. The van der Waals surface area contributed by atoms with Crippen molar-refractivity contribution in [2.75, 3.05) is 0 Å². The monoisotopic (exact) mass is 434 g/mol. The Kier molecular flexibility index (Phi) is 7.25. The molecule has 5 heteroatoms. The van der Waals surface area contributed by atoms with E-state index in [9.17, 15) is 19.8 Å². The zero-order valence-corrected chi connectivity index (χ0v) is 19.2. The summed E-state index contributed by atoms with van der Waals surface area (Å²) in [5.41, 5.74) is 2.45. The van der Waals surface area contributed by atoms with E-state index in [1.165, 1.54) is 0 Å². The van der Waals surface area contributed by atoms with Crippen LogP contribution in [0.2, 0.25) is 0 Å². The minimum atomic E-state index is -1.12. The predicted molar refractivity (Wildman–Crippen MR) is 106 cm³/mol. The maximum atomic E-state index is 10.9. The minimum absolute atomic E-state index is 0. The van der Waals surface area contributed by atoms with E-state index in [0.717, 1.165) is 32.7 Å². The van der Waals surface area contributed by atoms with Gasteiger partial charge in [-0.15, -0.1) is 0 Å². The molecule has 4 rings (SSSR count). The SMILES string of the molecule is Cc1cccc2cccc(C(=O)[O-])c12.Cc1cccc2cccc(C(=O)[O-])c12.[Zn+2]. The normalized spacial score (nSPS) is 10.0. The number of carboxylic acid groups (broad SMARTS) is 2. The summed E-state index contributed by atoms with van der Waals surface area (Å²) in [5, 5.41) is 25.1. The number of hydrogen-bond acceptors (Lipinski definition) is 4. The summed E-state index contributed by atoms with van der Waals surface area (Å²) >= 11 is 0. The summed E-state index contributed by atoms with van der Waals surface area (Å²) in [6.45, 7) is 3.80. The quantitative estimate of drug-likeness (QED) is 0.453. The van der Waals surface area contributed by atoms with Crippen molar-refractivity contribution in [2.24, 2.45) is 0 Å². The zero-order chi connectivity index (χ0) is 20.3. The molecule has 0 spiro atoms. The van der Waals surface area contributed by atoms with E-state index in [4.69, 9.17) is 0 Å². The number of aryl methyl sites for hydroxylation is 2. The van der Waals surface area contributed by atoms with Gasteiger partial charge in [0.25, 0.3) is 0 Å². The number of hydrogen-bond donors (Lipinski definition) is 0. The van der Waals surface area contributed by atoms with Gasteiger partial charge in [0, 0.05) is 11.1 Å². The van der Waals surface area contributed by atoms with Crippen LogP contribution in [0.4, 0.5) is 0 Å². The maximum absolute atomic E-state index is 10.9. The first-order chi connectivity index (χ1) is 13.4. The van der Waals surface area contributed by atoms with Crippen LogP contribution in [-0.4, -0.2) is 11.9 Å². The van der Waals surface area contributed by atoms with Gasteiger partial charge in [0.1, 0.15) is 0 Å². The number of carboxylic acids is 2. The van der Waals surface area contributed by atoms with Crippen LogP contribution in [0.15, 0.2) is 72.8 Å². The fraction of sp³-hybridized carbons (Fsp3) is 0.0833. The van der Waals surface area contributed by atoms with Crippen LogP contribution in [0.5, 0.6) is 0 Å². The van der Waals surface area contributed by atoms with Gasteiger partial charge in [0.2, 0.25) is 0 Å². The third-order valence-electron chi connectivity index (χ3n) is 4.67. The first-order valence-electron chi connectivity index (χ1n) is 8.79. The fourth-order valence-corrected chi connectivity index (χ4v) is 3.40. The van der Waals surface area contributed by atoms with Crippen molar-refractivity contribution in [3.05, 3.63) is 95.1 Å². The molecule has 29 heavy (non-hydrogen) atoms. The average Bonchev–Trinajstić information content (AvgIpc) is 2.68. The van der Waals surface area contributed by atoms with Gasteiger partial charge in [-0.05, 0) is 46.5 Å². The smallest absolute Gasteiger partial charge is 0.545 e. The van der Waals surface area contributed by atoms with Crippen molar-refractivity contribution in [1.82, 2.24) is 0 Å². The van der Waals surface area contributed by atoms with Gasteiger partial charge in [-0.25, -0.2) is 0 Å². The van der Waals surface area contributed by atoms with Gasteiger partial charge < -0.3 is 19.8 Å². The molecule has 0 saturated heterocycles. The van der Waals surface area contributed by atoms with E-state index in [0.29, 0.717) is 0 Å². The Morgan fingerprint density at radius 2 is 0.897 bits per heavy atom. The van der Waals surface area contributed by atoms with Crippen LogP contribution in [0.25, 0.3) is 21.5 Å². The minimum Gasteiger partial charge on any atom is -0.545 e. The largest absolute Gasteiger partial charge is 2.00 e. The number of carbonyl (C=O) groups is 2. The first kappa shape index (κ1) is 22.3. The van der Waals surface area contributed by atoms with E-state index < -0.39 is 11.9 Å². The molecule has 0 N–H and O–H groups in total. The number of fused-ring (bicyclic) bond motifs is 2. The molecule has 0 aromatic heterocycles. The molecule has 0 bridgehead atoms. The molecule has 4 aromatic rings. The van der Waals surface area contributed by atoms with Gasteiger partial charge in [0.15, 0.2) is 0 Å². The second-order valence-electron chi connectivity index (χ2n) is 6.53. The van der Waals surface area contributed by atoms with Gasteiger partial charge in [0.05, 0.1) is 11.9 Å². The number of benzene rings is 4. The number of rotatable bonds is 2. The van der Waals surface area contributed by atoms with Crippen molar-refractivity contribution in [1.29, 1.82) is 0 Å².